The Labute approximate surface area is 198 Å². The van der Waals surface area contributed by atoms with Crippen LogP contribution in [0.4, 0.5) is 0 Å². The fourth-order valence-electron chi connectivity index (χ4n) is 3.57. The number of hydrogen-bond donors (Lipinski definition) is 0. The molecule has 0 saturated heterocycles. The first-order valence-corrected chi connectivity index (χ1v) is 11.7. The van der Waals surface area contributed by atoms with Crippen LogP contribution in [0.1, 0.15) is 5.56 Å². The predicted octanol–water partition coefficient (Wildman–Crippen LogP) is 5.80. The van der Waals surface area contributed by atoms with Crippen molar-refractivity contribution in [1.29, 1.82) is 0 Å². The Morgan fingerprint density at radius 2 is 0.903 bits per heavy atom. The molecule has 2 fully saturated rings. The second-order valence-electron chi connectivity index (χ2n) is 6.93. The summed E-state index contributed by atoms with van der Waals surface area (Å²) in [6.45, 7) is 0. The van der Waals surface area contributed by atoms with E-state index in [-0.39, 0.29) is 17.1 Å². The average Bonchev–Trinajstić information content (AvgIpc) is 3.56. The summed E-state index contributed by atoms with van der Waals surface area (Å²) in [5.41, 5.74) is 1.99. The van der Waals surface area contributed by atoms with Gasteiger partial charge in [0.1, 0.15) is 0 Å². The van der Waals surface area contributed by atoms with Crippen molar-refractivity contribution < 1.29 is 21.6 Å². The van der Waals surface area contributed by atoms with Crippen LogP contribution < -0.4 is 10.6 Å². The van der Waals surface area contributed by atoms with Gasteiger partial charge in [-0.2, -0.15) is 0 Å². The van der Waals surface area contributed by atoms with Gasteiger partial charge >= 0.3 is 17.1 Å². The van der Waals surface area contributed by atoms with Crippen molar-refractivity contribution in [2.75, 3.05) is 0 Å². The van der Waals surface area contributed by atoms with Gasteiger partial charge in [0.2, 0.25) is 0 Å². The summed E-state index contributed by atoms with van der Waals surface area (Å²) >= 11 is 0. The summed E-state index contributed by atoms with van der Waals surface area (Å²) in [6, 6.07) is 29.8. The third-order valence-corrected chi connectivity index (χ3v) is 8.13. The predicted molar refractivity (Wildman–Crippen MR) is 126 cm³/mol. The van der Waals surface area contributed by atoms with E-state index in [0.29, 0.717) is 0 Å². The molecule has 31 heavy (non-hydrogen) atoms. The van der Waals surface area contributed by atoms with Crippen LogP contribution in [0.25, 0.3) is 0 Å². The van der Waals surface area contributed by atoms with Gasteiger partial charge in [-0.25, -0.2) is 0 Å². The van der Waals surface area contributed by atoms with E-state index in [1.165, 1.54) is 0 Å². The van der Waals surface area contributed by atoms with Gasteiger partial charge in [-0.15, -0.1) is 0 Å². The molecule has 2 saturated carbocycles. The molecule has 0 heterocycles. The van der Waals surface area contributed by atoms with Crippen LogP contribution in [0.2, 0.25) is 0 Å². The summed E-state index contributed by atoms with van der Waals surface area (Å²) in [6.07, 6.45) is 16.1. The van der Waals surface area contributed by atoms with Crippen molar-refractivity contribution in [3.63, 3.8) is 0 Å². The molecule has 3 aromatic carbocycles. The first-order valence-electron chi connectivity index (χ1n) is 10.00. The van der Waals surface area contributed by atoms with Crippen molar-refractivity contribution in [2.24, 2.45) is 0 Å². The van der Waals surface area contributed by atoms with E-state index in [4.69, 9.17) is 0 Å². The van der Waals surface area contributed by atoms with Crippen LogP contribution in [-0.2, 0) is 21.6 Å². The molecule has 152 valence electrons. The molecule has 0 spiro atoms. The smallest absolute Gasteiger partial charge is 0.313 e. The fourth-order valence-corrected chi connectivity index (χ4v) is 6.45. The Balaban J connectivity index is 0.000000401. The molecule has 0 bridgehead atoms. The molecule has 0 N–H and O–H groups in total. The molecule has 0 aromatic heterocycles. The van der Waals surface area contributed by atoms with E-state index in [2.05, 4.69) is 18.6 Å². The second-order valence-corrected chi connectivity index (χ2v) is 9.67. The first kappa shape index (κ1) is 24.1. The molecule has 0 aliphatic heterocycles. The third-order valence-electron chi connectivity index (χ3n) is 5.01. The Kier molecular flexibility index (Phi) is 9.21. The molecule has 10 radical (unpaired) electrons. The minimum absolute atomic E-state index is 0. The molecular formula is C28H23FeOP+2. The topological polar surface area (TPSA) is 17.1 Å². The third kappa shape index (κ3) is 5.61. The molecule has 2 aliphatic carbocycles. The Morgan fingerprint density at radius 1 is 0.484 bits per heavy atom. The molecule has 0 unspecified atom stereocenters. The zero-order chi connectivity index (χ0) is 20.7. The van der Waals surface area contributed by atoms with Crippen molar-refractivity contribution >= 4 is 17.8 Å². The van der Waals surface area contributed by atoms with E-state index >= 15 is 0 Å². The van der Waals surface area contributed by atoms with Gasteiger partial charge in [0.05, 0.1) is 5.66 Å². The molecular weight excluding hydrogens is 439 g/mol. The van der Waals surface area contributed by atoms with Gasteiger partial charge in [-0.1, -0.05) is 91.0 Å². The zero-order valence-corrected chi connectivity index (χ0v) is 19.0. The summed E-state index contributed by atoms with van der Waals surface area (Å²) in [7, 11) is -2.93. The minimum Gasteiger partial charge on any atom is -0.313 e. The van der Waals surface area contributed by atoms with E-state index < -0.39 is 7.14 Å². The summed E-state index contributed by atoms with van der Waals surface area (Å²) in [5.74, 6) is 1.04. The monoisotopic (exact) mass is 462 g/mol. The fraction of sp³-hybridized carbons (Fsp3) is 0. The maximum absolute atomic E-state index is 14.5. The molecule has 5 rings (SSSR count). The normalized spacial score (nSPS) is 16.9. The minimum atomic E-state index is -2.93. The van der Waals surface area contributed by atoms with E-state index in [0.717, 1.165) is 27.7 Å². The van der Waals surface area contributed by atoms with Gasteiger partial charge in [0.25, 0.3) is 0 Å². The number of hydrogen-bond acceptors (Lipinski definition) is 1. The van der Waals surface area contributed by atoms with Crippen molar-refractivity contribution in [1.82, 2.24) is 0 Å². The van der Waals surface area contributed by atoms with Gasteiger partial charge in [-0.05, 0) is 56.9 Å². The SMILES string of the molecule is O=P([C]1[CH][CH][CH][C]1c1ccccc1)(c1ccccc1)c1ccccc1.[CH]1[CH][CH][CH][CH]1.[Fe+2]. The molecule has 3 heteroatoms. The maximum Gasteiger partial charge on any atom is 2.00 e. The Hall–Kier alpha value is -1.59. The van der Waals surface area contributed by atoms with Crippen LogP contribution in [0, 0.1) is 62.9 Å². The largest absolute Gasteiger partial charge is 2.00 e. The van der Waals surface area contributed by atoms with Crippen LogP contribution in [-0.4, -0.2) is 0 Å². The standard InChI is InChI=1S/C23H18OP.C5H5.Fe/c24-25(20-13-6-2-7-14-20,21-15-8-3-9-16-21)23-18-10-17-22(23)19-11-4-1-5-12-19;1-2-4-5-3-1;/h1-18H;1-5H;/q;;+2. The van der Waals surface area contributed by atoms with Gasteiger partial charge in [-0.3, -0.25) is 0 Å². The van der Waals surface area contributed by atoms with E-state index in [1.54, 1.807) is 0 Å². The van der Waals surface area contributed by atoms with E-state index in [9.17, 15) is 4.57 Å². The number of rotatable bonds is 4. The Morgan fingerprint density at radius 3 is 1.35 bits per heavy atom. The zero-order valence-electron chi connectivity index (χ0n) is 17.0. The van der Waals surface area contributed by atoms with Gasteiger partial charge in [0, 0.05) is 16.5 Å². The van der Waals surface area contributed by atoms with Crippen molar-refractivity contribution in [3.8, 4) is 0 Å². The molecule has 0 amide bonds. The quantitative estimate of drug-likeness (QED) is 0.354. The summed E-state index contributed by atoms with van der Waals surface area (Å²) < 4.78 is 14.5. The summed E-state index contributed by atoms with van der Waals surface area (Å²) in [5, 5.41) is 1.73. The molecule has 2 aliphatic rings. The molecule has 0 atom stereocenters. The molecule has 3 aromatic rings. The van der Waals surface area contributed by atoms with Gasteiger partial charge in [0.15, 0.2) is 7.14 Å². The van der Waals surface area contributed by atoms with E-state index in [1.807, 2.05) is 124 Å². The summed E-state index contributed by atoms with van der Waals surface area (Å²) in [4.78, 5) is 0. The molecule has 1 nitrogen and oxygen atoms in total. The second kappa shape index (κ2) is 11.9. The van der Waals surface area contributed by atoms with Crippen molar-refractivity contribution in [3.05, 3.63) is 160 Å². The van der Waals surface area contributed by atoms with Crippen LogP contribution >= 0.6 is 7.14 Å². The maximum atomic E-state index is 14.5. The van der Waals surface area contributed by atoms with Gasteiger partial charge < -0.3 is 4.57 Å². The first-order chi connectivity index (χ1) is 14.8. The number of benzene rings is 3. The van der Waals surface area contributed by atoms with Crippen LogP contribution in [0.3, 0.4) is 0 Å². The Bertz CT molecular complexity index is 887. The van der Waals surface area contributed by atoms with Crippen molar-refractivity contribution in [2.45, 2.75) is 0 Å². The average molecular weight is 462 g/mol. The van der Waals surface area contributed by atoms with Crippen LogP contribution in [0.5, 0.6) is 0 Å². The van der Waals surface area contributed by atoms with Crippen LogP contribution in [0.15, 0.2) is 91.0 Å².